The number of carbonyl (C=O) groups excluding carboxylic acids is 1. The monoisotopic (exact) mass is 311 g/mol. The van der Waals surface area contributed by atoms with Crippen LogP contribution in [0.15, 0.2) is 24.3 Å². The van der Waals surface area contributed by atoms with Crippen LogP contribution in [0, 0.1) is 5.82 Å². The van der Waals surface area contributed by atoms with Crippen LogP contribution in [0.25, 0.3) is 0 Å². The number of benzene rings is 1. The van der Waals surface area contributed by atoms with Gasteiger partial charge in [-0.1, -0.05) is 12.1 Å². The fraction of sp³-hybridized carbons (Fsp3) is 0.467. The first-order chi connectivity index (χ1) is 10.5. The predicted octanol–water partition coefficient (Wildman–Crippen LogP) is 0.939. The van der Waals surface area contributed by atoms with Crippen LogP contribution in [0.2, 0.25) is 0 Å². The molecule has 0 aromatic heterocycles. The van der Waals surface area contributed by atoms with Crippen molar-refractivity contribution in [3.63, 3.8) is 0 Å². The molecule has 0 radical (unpaired) electrons. The number of carbonyl (C=O) groups is 2. The second-order valence-corrected chi connectivity index (χ2v) is 5.21. The van der Waals surface area contributed by atoms with Gasteiger partial charge in [0.2, 0.25) is 0 Å². The van der Waals surface area contributed by atoms with E-state index in [9.17, 15) is 19.1 Å². The molecule has 3 N–H and O–H groups in total. The lowest BCUT2D eigenvalue weighted by Gasteiger charge is -2.35. The molecule has 1 heterocycles. The van der Waals surface area contributed by atoms with Crippen molar-refractivity contribution >= 4 is 11.9 Å². The van der Waals surface area contributed by atoms with E-state index in [0.717, 1.165) is 0 Å². The van der Waals surface area contributed by atoms with Gasteiger partial charge in [-0.15, -0.1) is 0 Å². The van der Waals surface area contributed by atoms with Crippen molar-refractivity contribution in [2.75, 3.05) is 6.61 Å². The minimum absolute atomic E-state index is 0.0770. The number of aliphatic carboxylic acids is 1. The van der Waals surface area contributed by atoms with Crippen molar-refractivity contribution < 1.29 is 28.9 Å². The third kappa shape index (κ3) is 4.02. The van der Waals surface area contributed by atoms with Crippen LogP contribution in [-0.4, -0.2) is 46.9 Å². The number of aliphatic hydroxyl groups is 1. The van der Waals surface area contributed by atoms with Crippen molar-refractivity contribution in [2.24, 2.45) is 0 Å². The Kier molecular flexibility index (Phi) is 5.46. The van der Waals surface area contributed by atoms with E-state index in [1.165, 1.54) is 18.2 Å². The van der Waals surface area contributed by atoms with Crippen molar-refractivity contribution in [1.29, 1.82) is 0 Å². The first-order valence-corrected chi connectivity index (χ1v) is 7.04. The van der Waals surface area contributed by atoms with Gasteiger partial charge in [0.05, 0.1) is 30.7 Å². The number of ether oxygens (including phenoxy) is 1. The third-order valence-electron chi connectivity index (χ3n) is 3.63. The average Bonchev–Trinajstić information content (AvgIpc) is 2.48. The minimum Gasteiger partial charge on any atom is -0.481 e. The zero-order valence-electron chi connectivity index (χ0n) is 11.9. The van der Waals surface area contributed by atoms with Crippen LogP contribution in [0.1, 0.15) is 29.6 Å². The topological polar surface area (TPSA) is 95.9 Å². The van der Waals surface area contributed by atoms with Crippen LogP contribution in [0.5, 0.6) is 0 Å². The Morgan fingerprint density at radius 2 is 2.05 bits per heavy atom. The van der Waals surface area contributed by atoms with Gasteiger partial charge in [-0.2, -0.15) is 0 Å². The lowest BCUT2D eigenvalue weighted by Crippen LogP contribution is -2.51. The van der Waals surface area contributed by atoms with Crippen LogP contribution >= 0.6 is 0 Å². The number of aliphatic hydroxyl groups excluding tert-OH is 1. The number of hydrogen-bond donors (Lipinski definition) is 3. The second kappa shape index (κ2) is 7.33. The molecule has 0 aliphatic carbocycles. The van der Waals surface area contributed by atoms with Gasteiger partial charge in [0.15, 0.2) is 0 Å². The molecule has 0 spiro atoms. The summed E-state index contributed by atoms with van der Waals surface area (Å²) < 4.78 is 19.1. The highest BCUT2D eigenvalue weighted by atomic mass is 19.1. The Balaban J connectivity index is 1.99. The van der Waals surface area contributed by atoms with E-state index in [1.54, 1.807) is 6.07 Å². The molecule has 1 aromatic rings. The van der Waals surface area contributed by atoms with Gasteiger partial charge in [0.25, 0.3) is 5.91 Å². The molecule has 1 aliphatic rings. The van der Waals surface area contributed by atoms with Gasteiger partial charge >= 0.3 is 5.97 Å². The van der Waals surface area contributed by atoms with E-state index >= 15 is 0 Å². The summed E-state index contributed by atoms with van der Waals surface area (Å²) in [5, 5.41) is 20.8. The number of nitrogens with one attached hydrogen (secondary N) is 1. The van der Waals surface area contributed by atoms with E-state index < -0.39 is 35.9 Å². The van der Waals surface area contributed by atoms with Gasteiger partial charge in [-0.3, -0.25) is 9.59 Å². The molecule has 7 heteroatoms. The summed E-state index contributed by atoms with van der Waals surface area (Å²) in [6.07, 6.45) is -0.427. The van der Waals surface area contributed by atoms with E-state index in [-0.39, 0.29) is 18.6 Å². The number of amides is 1. The zero-order chi connectivity index (χ0) is 16.1. The van der Waals surface area contributed by atoms with Crippen LogP contribution in [0.4, 0.5) is 4.39 Å². The molecule has 3 atom stereocenters. The molecule has 0 saturated carbocycles. The van der Waals surface area contributed by atoms with E-state index in [4.69, 9.17) is 9.84 Å². The molecular weight excluding hydrogens is 293 g/mol. The van der Waals surface area contributed by atoms with E-state index in [0.29, 0.717) is 12.8 Å². The number of hydrogen-bond acceptors (Lipinski definition) is 4. The molecule has 1 aliphatic heterocycles. The fourth-order valence-corrected chi connectivity index (χ4v) is 2.53. The van der Waals surface area contributed by atoms with Crippen molar-refractivity contribution in [3.8, 4) is 0 Å². The van der Waals surface area contributed by atoms with Crippen molar-refractivity contribution in [3.05, 3.63) is 35.6 Å². The van der Waals surface area contributed by atoms with Crippen molar-refractivity contribution in [2.45, 2.75) is 37.5 Å². The van der Waals surface area contributed by atoms with Crippen LogP contribution in [0.3, 0.4) is 0 Å². The third-order valence-corrected chi connectivity index (χ3v) is 3.63. The molecule has 22 heavy (non-hydrogen) atoms. The molecule has 0 bridgehead atoms. The SMILES string of the molecule is O=C(O)C[C@@H]1CC[C@@H](NC(=O)c2ccccc2F)[C@@H](CO)O1. The quantitative estimate of drug-likeness (QED) is 0.752. The summed E-state index contributed by atoms with van der Waals surface area (Å²) in [5.41, 5.74) is -0.0770. The van der Waals surface area contributed by atoms with Crippen LogP contribution < -0.4 is 5.32 Å². The van der Waals surface area contributed by atoms with E-state index in [2.05, 4.69) is 5.32 Å². The normalized spacial score (nSPS) is 24.7. The predicted molar refractivity (Wildman–Crippen MR) is 74.9 cm³/mol. The molecular formula is C15H18FNO5. The number of carboxylic acid groups (broad SMARTS) is 1. The molecule has 1 fully saturated rings. The Morgan fingerprint density at radius 3 is 2.68 bits per heavy atom. The Labute approximate surface area is 126 Å². The summed E-state index contributed by atoms with van der Waals surface area (Å²) in [6, 6.07) is 5.13. The summed E-state index contributed by atoms with van der Waals surface area (Å²) in [7, 11) is 0. The summed E-state index contributed by atoms with van der Waals surface area (Å²) in [6.45, 7) is -0.349. The molecule has 120 valence electrons. The molecule has 2 rings (SSSR count). The molecule has 0 unspecified atom stereocenters. The fourth-order valence-electron chi connectivity index (χ4n) is 2.53. The zero-order valence-corrected chi connectivity index (χ0v) is 11.9. The number of carboxylic acids is 1. The maximum absolute atomic E-state index is 13.6. The molecule has 6 nitrogen and oxygen atoms in total. The maximum Gasteiger partial charge on any atom is 0.305 e. The van der Waals surface area contributed by atoms with Gasteiger partial charge in [0.1, 0.15) is 11.9 Å². The highest BCUT2D eigenvalue weighted by molar-refractivity contribution is 5.94. The average molecular weight is 311 g/mol. The molecule has 1 saturated heterocycles. The summed E-state index contributed by atoms with van der Waals surface area (Å²) in [4.78, 5) is 22.8. The highest BCUT2D eigenvalue weighted by Crippen LogP contribution is 2.22. The second-order valence-electron chi connectivity index (χ2n) is 5.21. The smallest absolute Gasteiger partial charge is 0.305 e. The Morgan fingerprint density at radius 1 is 1.32 bits per heavy atom. The molecule has 1 aromatic carbocycles. The van der Waals surface area contributed by atoms with Crippen LogP contribution in [-0.2, 0) is 9.53 Å². The van der Waals surface area contributed by atoms with Gasteiger partial charge in [-0.05, 0) is 25.0 Å². The van der Waals surface area contributed by atoms with E-state index in [1.807, 2.05) is 0 Å². The van der Waals surface area contributed by atoms with Gasteiger partial charge < -0.3 is 20.3 Å². The first kappa shape index (κ1) is 16.4. The van der Waals surface area contributed by atoms with Gasteiger partial charge in [-0.25, -0.2) is 4.39 Å². The lowest BCUT2D eigenvalue weighted by molar-refractivity contribution is -0.145. The lowest BCUT2D eigenvalue weighted by atomic mass is 9.96. The van der Waals surface area contributed by atoms with Gasteiger partial charge in [0, 0.05) is 0 Å². The number of rotatable bonds is 5. The Hall–Kier alpha value is -1.99. The summed E-state index contributed by atoms with van der Waals surface area (Å²) in [5.74, 6) is -2.18. The standard InChI is InChI=1S/C15H18FNO5/c16-11-4-2-1-3-10(11)15(21)17-12-6-5-9(7-14(19)20)22-13(12)8-18/h1-4,9,12-13,18H,5-8H2,(H,17,21)(H,19,20)/t9-,12+,13+/m0/s1. The first-order valence-electron chi connectivity index (χ1n) is 7.04. The van der Waals surface area contributed by atoms with Crippen molar-refractivity contribution in [1.82, 2.24) is 5.32 Å². The number of halogens is 1. The molecule has 1 amide bonds. The largest absolute Gasteiger partial charge is 0.481 e. The Bertz CT molecular complexity index is 550. The highest BCUT2D eigenvalue weighted by Gasteiger charge is 2.33. The maximum atomic E-state index is 13.6. The summed E-state index contributed by atoms with van der Waals surface area (Å²) >= 11 is 0. The minimum atomic E-state index is -0.976.